The first-order valence-corrected chi connectivity index (χ1v) is 6.49. The van der Waals surface area contributed by atoms with Crippen LogP contribution in [0.2, 0.25) is 0 Å². The van der Waals surface area contributed by atoms with Crippen LogP contribution in [0.5, 0.6) is 0 Å². The number of aromatic carboxylic acids is 1. The molecule has 4 N–H and O–H groups in total. The molecular formula is C14H22N2O3. The van der Waals surface area contributed by atoms with Gasteiger partial charge in [0, 0.05) is 24.5 Å². The van der Waals surface area contributed by atoms with Crippen LogP contribution in [0.1, 0.15) is 37.0 Å². The topological polar surface area (TPSA) is 84.6 Å². The van der Waals surface area contributed by atoms with Gasteiger partial charge in [0.05, 0.1) is 11.7 Å². The quantitative estimate of drug-likeness (QED) is 0.497. The maximum absolute atomic E-state index is 11.1. The van der Waals surface area contributed by atoms with Crippen LogP contribution in [0.3, 0.4) is 0 Å². The number of benzene rings is 1. The van der Waals surface area contributed by atoms with Crippen LogP contribution in [0, 0.1) is 0 Å². The van der Waals surface area contributed by atoms with Crippen molar-refractivity contribution in [2.24, 2.45) is 0 Å². The number of ether oxygens (including phenoxy) is 1. The number of carboxylic acids is 1. The number of anilines is 2. The summed E-state index contributed by atoms with van der Waals surface area (Å²) in [6, 6.07) is 4.85. The minimum Gasteiger partial charge on any atom is -0.478 e. The van der Waals surface area contributed by atoms with Crippen molar-refractivity contribution >= 4 is 17.3 Å². The van der Waals surface area contributed by atoms with E-state index in [0.29, 0.717) is 17.9 Å². The molecule has 1 aromatic rings. The van der Waals surface area contributed by atoms with Crippen LogP contribution in [-0.2, 0) is 4.74 Å². The summed E-state index contributed by atoms with van der Waals surface area (Å²) in [7, 11) is 0. The molecule has 0 unspecified atom stereocenters. The first-order valence-electron chi connectivity index (χ1n) is 6.49. The van der Waals surface area contributed by atoms with Crippen LogP contribution in [-0.4, -0.2) is 30.3 Å². The molecule has 5 heteroatoms. The summed E-state index contributed by atoms with van der Waals surface area (Å²) < 4.78 is 5.43. The van der Waals surface area contributed by atoms with Crippen molar-refractivity contribution < 1.29 is 14.6 Å². The molecule has 106 valence electrons. The molecule has 0 amide bonds. The van der Waals surface area contributed by atoms with Gasteiger partial charge in [0.1, 0.15) is 0 Å². The summed E-state index contributed by atoms with van der Waals surface area (Å²) in [5.41, 5.74) is 6.84. The van der Waals surface area contributed by atoms with Crippen LogP contribution in [0.4, 0.5) is 11.4 Å². The molecule has 19 heavy (non-hydrogen) atoms. The van der Waals surface area contributed by atoms with Crippen molar-refractivity contribution in [2.75, 3.05) is 24.2 Å². The molecule has 5 nitrogen and oxygen atoms in total. The number of unbranched alkanes of at least 4 members (excludes halogenated alkanes) is 1. The van der Waals surface area contributed by atoms with Crippen molar-refractivity contribution in [1.29, 1.82) is 0 Å². The van der Waals surface area contributed by atoms with Crippen LogP contribution < -0.4 is 11.1 Å². The summed E-state index contributed by atoms with van der Waals surface area (Å²) in [6.45, 7) is 5.45. The van der Waals surface area contributed by atoms with Crippen molar-refractivity contribution in [1.82, 2.24) is 0 Å². The highest BCUT2D eigenvalue weighted by Crippen LogP contribution is 2.19. The van der Waals surface area contributed by atoms with Gasteiger partial charge in [0.15, 0.2) is 0 Å². The Morgan fingerprint density at radius 1 is 1.42 bits per heavy atom. The van der Waals surface area contributed by atoms with E-state index < -0.39 is 5.97 Å². The van der Waals surface area contributed by atoms with E-state index in [9.17, 15) is 4.79 Å². The number of hydrogen-bond donors (Lipinski definition) is 3. The van der Waals surface area contributed by atoms with Crippen LogP contribution in [0.25, 0.3) is 0 Å². The average molecular weight is 266 g/mol. The number of carbonyl (C=O) groups is 1. The molecule has 0 bridgehead atoms. The third kappa shape index (κ3) is 5.61. The van der Waals surface area contributed by atoms with Gasteiger partial charge >= 0.3 is 5.97 Å². The van der Waals surface area contributed by atoms with Gasteiger partial charge in [-0.25, -0.2) is 4.79 Å². The lowest BCUT2D eigenvalue weighted by atomic mass is 10.1. The number of nitrogens with one attached hydrogen (secondary N) is 1. The van der Waals surface area contributed by atoms with Crippen molar-refractivity contribution in [3.63, 3.8) is 0 Å². The molecule has 0 saturated heterocycles. The monoisotopic (exact) mass is 266 g/mol. The van der Waals surface area contributed by atoms with Gasteiger partial charge in [0.25, 0.3) is 0 Å². The second-order valence-corrected chi connectivity index (χ2v) is 4.66. The SMILES string of the molecule is CC(C)OCCCCNc1ccc(N)cc1C(=O)O. The largest absolute Gasteiger partial charge is 0.478 e. The second kappa shape index (κ2) is 7.63. The van der Waals surface area contributed by atoms with E-state index in [1.54, 1.807) is 12.1 Å². The summed E-state index contributed by atoms with van der Waals surface area (Å²) >= 11 is 0. The fraction of sp³-hybridized carbons (Fsp3) is 0.500. The van der Waals surface area contributed by atoms with Crippen LogP contribution >= 0.6 is 0 Å². The first kappa shape index (κ1) is 15.3. The molecule has 0 atom stereocenters. The highest BCUT2D eigenvalue weighted by Gasteiger charge is 2.09. The Morgan fingerprint density at radius 2 is 2.16 bits per heavy atom. The van der Waals surface area contributed by atoms with E-state index in [0.717, 1.165) is 19.4 Å². The average Bonchev–Trinajstić information content (AvgIpc) is 2.34. The van der Waals surface area contributed by atoms with E-state index in [1.807, 2.05) is 13.8 Å². The zero-order chi connectivity index (χ0) is 14.3. The molecule has 0 fully saturated rings. The number of nitrogen functional groups attached to an aromatic ring is 1. The predicted octanol–water partition coefficient (Wildman–Crippen LogP) is 2.58. The van der Waals surface area contributed by atoms with Gasteiger partial charge in [0.2, 0.25) is 0 Å². The Labute approximate surface area is 113 Å². The third-order valence-electron chi connectivity index (χ3n) is 2.61. The molecule has 0 heterocycles. The molecule has 0 radical (unpaired) electrons. The van der Waals surface area contributed by atoms with E-state index >= 15 is 0 Å². The maximum atomic E-state index is 11.1. The Bertz CT molecular complexity index is 419. The van der Waals surface area contributed by atoms with Gasteiger partial charge in [-0.05, 0) is 44.9 Å². The van der Waals surface area contributed by atoms with Gasteiger partial charge in [-0.2, -0.15) is 0 Å². The van der Waals surface area contributed by atoms with E-state index in [-0.39, 0.29) is 11.7 Å². The Kier molecular flexibility index (Phi) is 6.15. The normalized spacial score (nSPS) is 10.7. The molecule has 0 aliphatic carbocycles. The van der Waals surface area contributed by atoms with Gasteiger partial charge in [-0.3, -0.25) is 0 Å². The van der Waals surface area contributed by atoms with E-state index in [4.69, 9.17) is 15.6 Å². The second-order valence-electron chi connectivity index (χ2n) is 4.66. The summed E-state index contributed by atoms with van der Waals surface area (Å²) in [5.74, 6) is -0.974. The zero-order valence-corrected chi connectivity index (χ0v) is 11.5. The van der Waals surface area contributed by atoms with E-state index in [1.165, 1.54) is 6.07 Å². The number of nitrogens with two attached hydrogens (primary N) is 1. The minimum atomic E-state index is -0.974. The Morgan fingerprint density at radius 3 is 2.79 bits per heavy atom. The maximum Gasteiger partial charge on any atom is 0.337 e. The summed E-state index contributed by atoms with van der Waals surface area (Å²) in [5, 5.41) is 12.2. The highest BCUT2D eigenvalue weighted by atomic mass is 16.5. The molecule has 1 aromatic carbocycles. The molecule has 0 saturated carbocycles. The van der Waals surface area contributed by atoms with Crippen molar-refractivity contribution in [2.45, 2.75) is 32.8 Å². The number of rotatable bonds is 8. The summed E-state index contributed by atoms with van der Waals surface area (Å²) in [6.07, 6.45) is 2.13. The first-order chi connectivity index (χ1) is 9.00. The van der Waals surface area contributed by atoms with Gasteiger partial charge < -0.3 is 20.9 Å². The lowest BCUT2D eigenvalue weighted by Crippen LogP contribution is -2.10. The van der Waals surface area contributed by atoms with Crippen molar-refractivity contribution in [3.8, 4) is 0 Å². The standard InChI is InChI=1S/C14H22N2O3/c1-10(2)19-8-4-3-7-16-13-6-5-11(15)9-12(13)14(17)18/h5-6,9-10,16H,3-4,7-8,15H2,1-2H3,(H,17,18). The fourth-order valence-electron chi connectivity index (χ4n) is 1.66. The lowest BCUT2D eigenvalue weighted by molar-refractivity contribution is 0.0697. The fourth-order valence-corrected chi connectivity index (χ4v) is 1.66. The van der Waals surface area contributed by atoms with Crippen molar-refractivity contribution in [3.05, 3.63) is 23.8 Å². The lowest BCUT2D eigenvalue weighted by Gasteiger charge is -2.11. The zero-order valence-electron chi connectivity index (χ0n) is 11.5. The Balaban J connectivity index is 2.39. The third-order valence-corrected chi connectivity index (χ3v) is 2.61. The minimum absolute atomic E-state index is 0.207. The number of carboxylic acid groups (broad SMARTS) is 1. The smallest absolute Gasteiger partial charge is 0.337 e. The highest BCUT2D eigenvalue weighted by molar-refractivity contribution is 5.95. The molecule has 0 aromatic heterocycles. The van der Waals surface area contributed by atoms with Gasteiger partial charge in [-0.15, -0.1) is 0 Å². The number of hydrogen-bond acceptors (Lipinski definition) is 4. The van der Waals surface area contributed by atoms with Crippen LogP contribution in [0.15, 0.2) is 18.2 Å². The molecule has 0 spiro atoms. The molecule has 0 aliphatic heterocycles. The Hall–Kier alpha value is -1.75. The predicted molar refractivity (Wildman–Crippen MR) is 76.6 cm³/mol. The molecular weight excluding hydrogens is 244 g/mol. The molecule has 1 rings (SSSR count). The molecule has 0 aliphatic rings. The van der Waals surface area contributed by atoms with Gasteiger partial charge in [-0.1, -0.05) is 0 Å². The van der Waals surface area contributed by atoms with E-state index in [2.05, 4.69) is 5.32 Å². The summed E-state index contributed by atoms with van der Waals surface area (Å²) in [4.78, 5) is 11.1.